The molecule has 1 amide bonds. The minimum atomic E-state index is -0.630. The van der Waals surface area contributed by atoms with Gasteiger partial charge in [-0.05, 0) is 38.1 Å². The lowest BCUT2D eigenvalue weighted by Crippen LogP contribution is -2.34. The van der Waals surface area contributed by atoms with Crippen LogP contribution in [0.25, 0.3) is 11.0 Å². The zero-order chi connectivity index (χ0) is 20.1. The van der Waals surface area contributed by atoms with E-state index in [0.717, 1.165) is 0 Å². The van der Waals surface area contributed by atoms with Crippen LogP contribution in [0.4, 0.5) is 0 Å². The van der Waals surface area contributed by atoms with Crippen LogP contribution >= 0.6 is 0 Å². The fourth-order valence-corrected chi connectivity index (χ4v) is 2.54. The van der Waals surface area contributed by atoms with Crippen molar-refractivity contribution in [2.75, 3.05) is 13.2 Å². The third kappa shape index (κ3) is 4.69. The summed E-state index contributed by atoms with van der Waals surface area (Å²) in [7, 11) is 0. The maximum Gasteiger partial charge on any atom is 0.258 e. The van der Waals surface area contributed by atoms with Crippen molar-refractivity contribution in [3.8, 4) is 17.2 Å². The van der Waals surface area contributed by atoms with Gasteiger partial charge in [-0.2, -0.15) is 0 Å². The van der Waals surface area contributed by atoms with E-state index in [1.165, 1.54) is 0 Å². The van der Waals surface area contributed by atoms with Gasteiger partial charge in [-0.1, -0.05) is 18.2 Å². The highest BCUT2D eigenvalue weighted by molar-refractivity contribution is 5.80. The fraction of sp³-hybridized carbons (Fsp3) is 0.238. The molecule has 0 spiro atoms. The summed E-state index contributed by atoms with van der Waals surface area (Å²) in [6.07, 6.45) is -0.630. The maximum atomic E-state index is 12.8. The molecule has 146 valence electrons. The van der Waals surface area contributed by atoms with Gasteiger partial charge in [-0.25, -0.2) is 0 Å². The summed E-state index contributed by atoms with van der Waals surface area (Å²) >= 11 is 0. The molecule has 0 bridgehead atoms. The standard InChI is InChI=1S/C21H21NO6/c1-13(23)11-22-19(24)12-26-16-8-9-17-18(10-16)27-14(2)21(20(17)25)28-15-6-4-3-5-7-15/h3-10,13,23H,11-12H2,1-2H3,(H,22,24)/t13-/m1/s1. The Morgan fingerprint density at radius 3 is 2.64 bits per heavy atom. The smallest absolute Gasteiger partial charge is 0.258 e. The van der Waals surface area contributed by atoms with E-state index in [4.69, 9.17) is 19.0 Å². The molecule has 1 heterocycles. The van der Waals surface area contributed by atoms with Gasteiger partial charge >= 0.3 is 0 Å². The van der Waals surface area contributed by atoms with Crippen molar-refractivity contribution in [2.24, 2.45) is 0 Å². The Hall–Kier alpha value is -3.32. The van der Waals surface area contributed by atoms with E-state index >= 15 is 0 Å². The molecule has 0 radical (unpaired) electrons. The minimum absolute atomic E-state index is 0.130. The molecular weight excluding hydrogens is 362 g/mol. The molecule has 2 aromatic carbocycles. The monoisotopic (exact) mass is 383 g/mol. The molecule has 2 N–H and O–H groups in total. The van der Waals surface area contributed by atoms with Crippen LogP contribution in [-0.2, 0) is 4.79 Å². The summed E-state index contributed by atoms with van der Waals surface area (Å²) in [5.74, 6) is 1.04. The van der Waals surface area contributed by atoms with Gasteiger partial charge in [0.1, 0.15) is 22.8 Å². The first-order valence-electron chi connectivity index (χ1n) is 8.82. The Labute approximate surface area is 161 Å². The van der Waals surface area contributed by atoms with Gasteiger partial charge in [0, 0.05) is 12.6 Å². The highest BCUT2D eigenvalue weighted by Gasteiger charge is 2.15. The summed E-state index contributed by atoms with van der Waals surface area (Å²) in [6.45, 7) is 3.16. The van der Waals surface area contributed by atoms with Gasteiger partial charge in [0.05, 0.1) is 11.5 Å². The molecule has 0 saturated heterocycles. The lowest BCUT2D eigenvalue weighted by molar-refractivity contribution is -0.123. The Bertz CT molecular complexity index is 1030. The highest BCUT2D eigenvalue weighted by Crippen LogP contribution is 2.27. The van der Waals surface area contributed by atoms with E-state index in [0.29, 0.717) is 28.2 Å². The molecule has 0 aliphatic rings. The number of hydrogen-bond donors (Lipinski definition) is 2. The van der Waals surface area contributed by atoms with Gasteiger partial charge in [0.25, 0.3) is 5.91 Å². The average Bonchev–Trinajstić information content (AvgIpc) is 2.68. The van der Waals surface area contributed by atoms with Crippen LogP contribution in [-0.4, -0.2) is 30.3 Å². The average molecular weight is 383 g/mol. The first-order chi connectivity index (χ1) is 13.4. The van der Waals surface area contributed by atoms with Crippen molar-refractivity contribution < 1.29 is 23.8 Å². The molecule has 7 nitrogen and oxygen atoms in total. The number of nitrogens with one attached hydrogen (secondary N) is 1. The molecular formula is C21H21NO6. The summed E-state index contributed by atoms with van der Waals surface area (Å²) in [5, 5.41) is 12.0. The predicted octanol–water partition coefficient (Wildman–Crippen LogP) is 2.77. The molecule has 0 unspecified atom stereocenters. The number of para-hydroxylation sites is 1. The number of aliphatic hydroxyl groups is 1. The normalized spacial score (nSPS) is 11.8. The second-order valence-corrected chi connectivity index (χ2v) is 6.33. The van der Waals surface area contributed by atoms with Crippen LogP contribution in [0.2, 0.25) is 0 Å². The zero-order valence-corrected chi connectivity index (χ0v) is 15.6. The van der Waals surface area contributed by atoms with E-state index in [1.807, 2.05) is 18.2 Å². The Balaban J connectivity index is 1.79. The first-order valence-corrected chi connectivity index (χ1v) is 8.82. The summed E-state index contributed by atoms with van der Waals surface area (Å²) in [4.78, 5) is 24.4. The second kappa shape index (κ2) is 8.58. The van der Waals surface area contributed by atoms with Crippen molar-refractivity contribution in [2.45, 2.75) is 20.0 Å². The lowest BCUT2D eigenvalue weighted by atomic mass is 10.2. The van der Waals surface area contributed by atoms with Gasteiger partial charge in [-0.3, -0.25) is 9.59 Å². The number of hydrogen-bond acceptors (Lipinski definition) is 6. The Morgan fingerprint density at radius 2 is 1.93 bits per heavy atom. The molecule has 28 heavy (non-hydrogen) atoms. The third-order valence-electron chi connectivity index (χ3n) is 3.91. The molecule has 7 heteroatoms. The van der Waals surface area contributed by atoms with Crippen LogP contribution < -0.4 is 20.2 Å². The number of rotatable bonds is 7. The summed E-state index contributed by atoms with van der Waals surface area (Å²) in [6, 6.07) is 13.7. The number of amides is 1. The maximum absolute atomic E-state index is 12.8. The summed E-state index contributed by atoms with van der Waals surface area (Å²) < 4.78 is 16.9. The van der Waals surface area contributed by atoms with Crippen molar-refractivity contribution in [3.63, 3.8) is 0 Å². The number of aryl methyl sites for hydroxylation is 1. The second-order valence-electron chi connectivity index (χ2n) is 6.33. The molecule has 3 aromatic rings. The number of carbonyl (C=O) groups is 1. The number of ether oxygens (including phenoxy) is 2. The Kier molecular flexibility index (Phi) is 5.96. The zero-order valence-electron chi connectivity index (χ0n) is 15.6. The first kappa shape index (κ1) is 19.4. The van der Waals surface area contributed by atoms with E-state index < -0.39 is 6.10 Å². The van der Waals surface area contributed by atoms with Crippen LogP contribution in [0, 0.1) is 6.92 Å². The lowest BCUT2D eigenvalue weighted by Gasteiger charge is -2.11. The van der Waals surface area contributed by atoms with Crippen molar-refractivity contribution >= 4 is 16.9 Å². The molecule has 0 fully saturated rings. The molecule has 0 aliphatic carbocycles. The molecule has 0 aliphatic heterocycles. The van der Waals surface area contributed by atoms with Crippen LogP contribution in [0.5, 0.6) is 17.2 Å². The minimum Gasteiger partial charge on any atom is -0.484 e. The molecule has 1 atom stereocenters. The number of carbonyl (C=O) groups excluding carboxylic acids is 1. The molecule has 3 rings (SSSR count). The molecule has 1 aromatic heterocycles. The fourth-order valence-electron chi connectivity index (χ4n) is 2.54. The summed E-state index contributed by atoms with van der Waals surface area (Å²) in [5.41, 5.74) is 0.0497. The van der Waals surface area contributed by atoms with E-state index in [2.05, 4.69) is 5.32 Å². The Morgan fingerprint density at radius 1 is 1.18 bits per heavy atom. The highest BCUT2D eigenvalue weighted by atomic mass is 16.5. The van der Waals surface area contributed by atoms with Gasteiger partial charge in [-0.15, -0.1) is 0 Å². The van der Waals surface area contributed by atoms with Crippen molar-refractivity contribution in [1.29, 1.82) is 0 Å². The largest absolute Gasteiger partial charge is 0.484 e. The van der Waals surface area contributed by atoms with E-state index in [1.54, 1.807) is 44.2 Å². The van der Waals surface area contributed by atoms with Crippen LogP contribution in [0.1, 0.15) is 12.7 Å². The van der Waals surface area contributed by atoms with Crippen molar-refractivity contribution in [3.05, 3.63) is 64.5 Å². The van der Waals surface area contributed by atoms with E-state index in [9.17, 15) is 9.59 Å². The van der Waals surface area contributed by atoms with E-state index in [-0.39, 0.29) is 30.2 Å². The van der Waals surface area contributed by atoms with Crippen LogP contribution in [0.15, 0.2) is 57.7 Å². The SMILES string of the molecule is Cc1oc2cc(OCC(=O)NC[C@@H](C)O)ccc2c(=O)c1Oc1ccccc1. The van der Waals surface area contributed by atoms with Gasteiger partial charge in [0.2, 0.25) is 11.2 Å². The van der Waals surface area contributed by atoms with Crippen molar-refractivity contribution in [1.82, 2.24) is 5.32 Å². The third-order valence-corrected chi connectivity index (χ3v) is 3.91. The predicted molar refractivity (Wildman–Crippen MR) is 104 cm³/mol. The topological polar surface area (TPSA) is 98.0 Å². The van der Waals surface area contributed by atoms with Gasteiger partial charge < -0.3 is 24.3 Å². The van der Waals surface area contributed by atoms with Gasteiger partial charge in [0.15, 0.2) is 6.61 Å². The molecule has 0 saturated carbocycles. The quantitative estimate of drug-likeness (QED) is 0.651. The number of benzene rings is 2. The number of fused-ring (bicyclic) bond motifs is 1. The van der Waals surface area contributed by atoms with Crippen LogP contribution in [0.3, 0.4) is 0 Å². The number of aliphatic hydroxyl groups excluding tert-OH is 1.